The molecule has 0 saturated heterocycles. The number of hydrogen-bond acceptors (Lipinski definition) is 4. The van der Waals surface area contributed by atoms with Crippen LogP contribution in [0.4, 0.5) is 0 Å². The van der Waals surface area contributed by atoms with Crippen LogP contribution in [0.2, 0.25) is 0 Å². The van der Waals surface area contributed by atoms with Gasteiger partial charge in [-0.3, -0.25) is 9.59 Å². The van der Waals surface area contributed by atoms with Gasteiger partial charge >= 0.3 is 11.9 Å². The molecule has 3 rings (SSSR count). The van der Waals surface area contributed by atoms with Crippen molar-refractivity contribution >= 4 is 11.9 Å². The number of hydrogen-bond donors (Lipinski definition) is 0. The number of carbonyl (C=O) groups is 2. The number of allylic oxidation sites excluding steroid dienone is 4. The minimum atomic E-state index is -0.562. The van der Waals surface area contributed by atoms with Crippen LogP contribution in [0.15, 0.2) is 84.0 Å². The summed E-state index contributed by atoms with van der Waals surface area (Å²) in [7, 11) is 0. The fourth-order valence-corrected chi connectivity index (χ4v) is 3.59. The molecule has 156 valence electrons. The summed E-state index contributed by atoms with van der Waals surface area (Å²) in [5.74, 6) is -0.934. The summed E-state index contributed by atoms with van der Waals surface area (Å²) in [6, 6.07) is 17.9. The maximum atomic E-state index is 13.0. The van der Waals surface area contributed by atoms with E-state index in [4.69, 9.17) is 9.47 Å². The molecular weight excluding hydrogens is 376 g/mol. The van der Waals surface area contributed by atoms with Crippen LogP contribution in [0.3, 0.4) is 0 Å². The number of rotatable bonds is 7. The highest BCUT2D eigenvalue weighted by molar-refractivity contribution is 5.85. The van der Waals surface area contributed by atoms with Crippen molar-refractivity contribution in [3.05, 3.63) is 84.0 Å². The van der Waals surface area contributed by atoms with Crippen molar-refractivity contribution in [1.29, 1.82) is 0 Å². The summed E-state index contributed by atoms with van der Waals surface area (Å²) in [6.07, 6.45) is 7.06. The SMILES string of the molecule is CC(C)=CCCC1=CCC(C(=O)Oc2ccccc2)C(C(=O)Oc2ccccc2)C1. The molecule has 1 aliphatic rings. The topological polar surface area (TPSA) is 52.6 Å². The molecule has 0 spiro atoms. The first-order valence-corrected chi connectivity index (χ1v) is 10.4. The van der Waals surface area contributed by atoms with E-state index in [0.29, 0.717) is 24.3 Å². The maximum Gasteiger partial charge on any atom is 0.315 e. The molecule has 0 saturated carbocycles. The maximum absolute atomic E-state index is 13.0. The standard InChI is InChI=1S/C26H28O4/c1-19(2)10-9-11-20-16-17-23(25(27)29-21-12-5-3-6-13-21)24(18-20)26(28)30-22-14-7-4-8-15-22/h3-8,10,12-16,23-24H,9,11,17-18H2,1-2H3. The fourth-order valence-electron chi connectivity index (χ4n) is 3.59. The summed E-state index contributed by atoms with van der Waals surface area (Å²) in [5, 5.41) is 0. The van der Waals surface area contributed by atoms with E-state index >= 15 is 0 Å². The highest BCUT2D eigenvalue weighted by Crippen LogP contribution is 2.34. The van der Waals surface area contributed by atoms with E-state index in [1.807, 2.05) is 36.4 Å². The van der Waals surface area contributed by atoms with E-state index in [9.17, 15) is 9.59 Å². The van der Waals surface area contributed by atoms with Crippen LogP contribution < -0.4 is 9.47 Å². The van der Waals surface area contributed by atoms with E-state index in [0.717, 1.165) is 12.8 Å². The first-order valence-electron chi connectivity index (χ1n) is 10.4. The van der Waals surface area contributed by atoms with Gasteiger partial charge in [0.25, 0.3) is 0 Å². The molecule has 0 bridgehead atoms. The molecule has 0 radical (unpaired) electrons. The zero-order valence-corrected chi connectivity index (χ0v) is 17.5. The van der Waals surface area contributed by atoms with Crippen molar-refractivity contribution in [3.63, 3.8) is 0 Å². The Morgan fingerprint density at radius 2 is 1.40 bits per heavy atom. The monoisotopic (exact) mass is 404 g/mol. The minimum Gasteiger partial charge on any atom is -0.426 e. The normalized spacial score (nSPS) is 18.1. The smallest absolute Gasteiger partial charge is 0.315 e. The van der Waals surface area contributed by atoms with E-state index in [1.54, 1.807) is 24.3 Å². The third-order valence-electron chi connectivity index (χ3n) is 5.18. The van der Waals surface area contributed by atoms with E-state index in [2.05, 4.69) is 26.0 Å². The lowest BCUT2D eigenvalue weighted by atomic mass is 9.78. The molecule has 2 aromatic carbocycles. The zero-order valence-electron chi connectivity index (χ0n) is 17.5. The Balaban J connectivity index is 1.75. The molecule has 0 fully saturated rings. The average molecular weight is 405 g/mol. The summed E-state index contributed by atoms with van der Waals surface area (Å²) >= 11 is 0. The molecule has 0 aromatic heterocycles. The largest absolute Gasteiger partial charge is 0.426 e. The van der Waals surface area contributed by atoms with Gasteiger partial charge < -0.3 is 9.47 Å². The predicted molar refractivity (Wildman–Crippen MR) is 117 cm³/mol. The van der Waals surface area contributed by atoms with Gasteiger partial charge in [-0.2, -0.15) is 0 Å². The van der Waals surface area contributed by atoms with Crippen LogP contribution in [0.1, 0.15) is 39.5 Å². The van der Waals surface area contributed by atoms with Crippen LogP contribution in [0, 0.1) is 11.8 Å². The Morgan fingerprint density at radius 3 is 1.93 bits per heavy atom. The van der Waals surface area contributed by atoms with Gasteiger partial charge in [0.15, 0.2) is 0 Å². The molecular formula is C26H28O4. The van der Waals surface area contributed by atoms with Crippen molar-refractivity contribution in [3.8, 4) is 11.5 Å². The summed E-state index contributed by atoms with van der Waals surface area (Å²) < 4.78 is 11.1. The highest BCUT2D eigenvalue weighted by atomic mass is 16.5. The molecule has 2 aromatic rings. The Labute approximate surface area is 178 Å². The Kier molecular flexibility index (Phi) is 7.61. The van der Waals surface area contributed by atoms with Gasteiger partial charge in [-0.15, -0.1) is 0 Å². The second kappa shape index (κ2) is 10.6. The van der Waals surface area contributed by atoms with E-state index < -0.39 is 17.8 Å². The molecule has 2 atom stereocenters. The lowest BCUT2D eigenvalue weighted by molar-refractivity contribution is -0.150. The summed E-state index contributed by atoms with van der Waals surface area (Å²) in [4.78, 5) is 25.9. The predicted octanol–water partition coefficient (Wildman–Crippen LogP) is 5.90. The van der Waals surface area contributed by atoms with Gasteiger partial charge in [0.1, 0.15) is 11.5 Å². The Morgan fingerprint density at radius 1 is 0.867 bits per heavy atom. The molecule has 0 N–H and O–H groups in total. The molecule has 0 amide bonds. The van der Waals surface area contributed by atoms with Gasteiger partial charge in [-0.05, 0) is 63.8 Å². The molecule has 30 heavy (non-hydrogen) atoms. The second-order valence-electron chi connectivity index (χ2n) is 7.80. The first kappa shape index (κ1) is 21.6. The summed E-state index contributed by atoms with van der Waals surface area (Å²) in [6.45, 7) is 4.15. The molecule has 4 heteroatoms. The number of benzene rings is 2. The van der Waals surface area contributed by atoms with Gasteiger partial charge in [-0.1, -0.05) is 59.7 Å². The van der Waals surface area contributed by atoms with Crippen LogP contribution >= 0.6 is 0 Å². The lowest BCUT2D eigenvalue weighted by Crippen LogP contribution is -2.37. The second-order valence-corrected chi connectivity index (χ2v) is 7.80. The first-order chi connectivity index (χ1) is 14.5. The van der Waals surface area contributed by atoms with Crippen molar-refractivity contribution in [2.75, 3.05) is 0 Å². The van der Waals surface area contributed by atoms with Crippen LogP contribution in [-0.4, -0.2) is 11.9 Å². The highest BCUT2D eigenvalue weighted by Gasteiger charge is 2.38. The minimum absolute atomic E-state index is 0.385. The Hall–Kier alpha value is -3.14. The number of ether oxygens (including phenoxy) is 2. The molecule has 2 unspecified atom stereocenters. The Bertz CT molecular complexity index is 909. The van der Waals surface area contributed by atoms with Crippen molar-refractivity contribution in [1.82, 2.24) is 0 Å². The summed E-state index contributed by atoms with van der Waals surface area (Å²) in [5.41, 5.74) is 2.46. The molecule has 0 heterocycles. The third kappa shape index (κ3) is 6.18. The quantitative estimate of drug-likeness (QED) is 0.328. The van der Waals surface area contributed by atoms with Crippen LogP contribution in [0.25, 0.3) is 0 Å². The van der Waals surface area contributed by atoms with E-state index in [1.165, 1.54) is 11.1 Å². The molecule has 1 aliphatic carbocycles. The van der Waals surface area contributed by atoms with Gasteiger partial charge in [0.2, 0.25) is 0 Å². The lowest BCUT2D eigenvalue weighted by Gasteiger charge is -2.28. The molecule has 0 aliphatic heterocycles. The number of carbonyl (C=O) groups excluding carboxylic acids is 2. The van der Waals surface area contributed by atoms with Gasteiger partial charge in [-0.25, -0.2) is 0 Å². The van der Waals surface area contributed by atoms with Crippen molar-refractivity contribution in [2.45, 2.75) is 39.5 Å². The van der Waals surface area contributed by atoms with Crippen LogP contribution in [0.5, 0.6) is 11.5 Å². The van der Waals surface area contributed by atoms with Gasteiger partial charge in [0.05, 0.1) is 11.8 Å². The van der Waals surface area contributed by atoms with Crippen molar-refractivity contribution < 1.29 is 19.1 Å². The van der Waals surface area contributed by atoms with Crippen LogP contribution in [-0.2, 0) is 9.59 Å². The van der Waals surface area contributed by atoms with Crippen molar-refractivity contribution in [2.24, 2.45) is 11.8 Å². The third-order valence-corrected chi connectivity index (χ3v) is 5.18. The molecule has 4 nitrogen and oxygen atoms in total. The zero-order chi connectivity index (χ0) is 21.3. The van der Waals surface area contributed by atoms with E-state index in [-0.39, 0.29) is 5.97 Å². The fraction of sp³-hybridized carbons (Fsp3) is 0.308. The number of para-hydroxylation sites is 2. The number of esters is 2. The van der Waals surface area contributed by atoms with Gasteiger partial charge in [0, 0.05) is 0 Å². The average Bonchev–Trinajstić information content (AvgIpc) is 2.75.